The SMILES string of the molecule is C=CC(=O)N1CC2(CCN([C@H](C(=O)N[C@@H](Cc3nc(-c4ccc5c(c4)c(CC(C)(C)COC=O)c(-c4cccnc4[C@H](C)OC)n5C)cs3)C(=O)N3CCCCN3)C(C)C)C2=O)C1. The average molecular weight is 881 g/mol. The highest BCUT2D eigenvalue weighted by atomic mass is 32.1. The number of fused-ring (bicyclic) bond motifs is 1. The van der Waals surface area contributed by atoms with Gasteiger partial charge < -0.3 is 29.2 Å². The number of carbonyl (C=O) groups is 5. The third-order valence-corrected chi connectivity index (χ3v) is 13.7. The molecule has 0 bridgehead atoms. The molecular weight excluding hydrogens is 821 g/mol. The zero-order valence-electron chi connectivity index (χ0n) is 37.4. The lowest BCUT2D eigenvalue weighted by molar-refractivity contribution is -0.155. The van der Waals surface area contributed by atoms with Gasteiger partial charge in [0.1, 0.15) is 12.1 Å². The van der Waals surface area contributed by atoms with Gasteiger partial charge in [-0.2, -0.15) is 0 Å². The molecule has 2 N–H and O–H groups in total. The molecule has 336 valence electrons. The first-order valence-electron chi connectivity index (χ1n) is 21.8. The monoisotopic (exact) mass is 880 g/mol. The number of amides is 4. The summed E-state index contributed by atoms with van der Waals surface area (Å²) in [7, 11) is 3.71. The van der Waals surface area contributed by atoms with Crippen molar-refractivity contribution in [3.63, 3.8) is 0 Å². The maximum Gasteiger partial charge on any atom is 0.293 e. The van der Waals surface area contributed by atoms with Gasteiger partial charge in [-0.15, -0.1) is 11.3 Å². The Labute approximate surface area is 373 Å². The Morgan fingerprint density at radius 2 is 1.90 bits per heavy atom. The Bertz CT molecular complexity index is 2380. The lowest BCUT2D eigenvalue weighted by Gasteiger charge is -2.46. The van der Waals surface area contributed by atoms with Crippen LogP contribution in [0.5, 0.6) is 0 Å². The van der Waals surface area contributed by atoms with E-state index in [0.717, 1.165) is 57.5 Å². The van der Waals surface area contributed by atoms with E-state index < -0.39 is 28.8 Å². The number of benzene rings is 1. The molecule has 63 heavy (non-hydrogen) atoms. The number of hydrogen-bond acceptors (Lipinski definition) is 11. The average Bonchev–Trinajstić information content (AvgIpc) is 3.95. The zero-order valence-corrected chi connectivity index (χ0v) is 38.3. The van der Waals surface area contributed by atoms with Gasteiger partial charge >= 0.3 is 0 Å². The predicted octanol–water partition coefficient (Wildman–Crippen LogP) is 5.24. The maximum atomic E-state index is 14.4. The van der Waals surface area contributed by atoms with Crippen molar-refractivity contribution in [3.05, 3.63) is 70.8 Å². The molecule has 1 spiro atoms. The number of methoxy groups -OCH3 is 1. The van der Waals surface area contributed by atoms with Crippen molar-refractivity contribution in [3.8, 4) is 22.5 Å². The number of nitrogens with one attached hydrogen (secondary N) is 2. The maximum absolute atomic E-state index is 14.4. The third kappa shape index (κ3) is 9.16. The highest BCUT2D eigenvalue weighted by molar-refractivity contribution is 7.10. The van der Waals surface area contributed by atoms with E-state index in [1.807, 2.05) is 45.3 Å². The van der Waals surface area contributed by atoms with Crippen molar-refractivity contribution in [2.24, 2.45) is 23.8 Å². The number of carbonyl (C=O) groups excluding carboxylic acids is 5. The summed E-state index contributed by atoms with van der Waals surface area (Å²) in [6.45, 7) is 16.4. The second-order valence-corrected chi connectivity index (χ2v) is 19.2. The van der Waals surface area contributed by atoms with E-state index >= 15 is 0 Å². The summed E-state index contributed by atoms with van der Waals surface area (Å²) in [4.78, 5) is 79.0. The van der Waals surface area contributed by atoms with Gasteiger partial charge in [-0.05, 0) is 74.4 Å². The van der Waals surface area contributed by atoms with E-state index in [1.54, 1.807) is 28.1 Å². The number of nitrogens with zero attached hydrogens (tertiary/aromatic N) is 6. The first-order valence-corrected chi connectivity index (χ1v) is 22.7. The van der Waals surface area contributed by atoms with E-state index in [2.05, 4.69) is 53.9 Å². The number of hydrogen-bond donors (Lipinski definition) is 2. The molecule has 3 aliphatic rings. The summed E-state index contributed by atoms with van der Waals surface area (Å²) in [5.41, 5.74) is 8.57. The molecule has 3 atom stereocenters. The number of pyridine rings is 1. The van der Waals surface area contributed by atoms with Gasteiger partial charge in [0.2, 0.25) is 17.7 Å². The van der Waals surface area contributed by atoms with Crippen molar-refractivity contribution in [1.82, 2.24) is 40.1 Å². The topological polar surface area (TPSA) is 168 Å². The Hall–Kier alpha value is -5.45. The summed E-state index contributed by atoms with van der Waals surface area (Å²) in [5, 5.41) is 8.34. The highest BCUT2D eigenvalue weighted by Crippen LogP contribution is 2.43. The van der Waals surface area contributed by atoms with Crippen molar-refractivity contribution in [2.75, 3.05) is 46.4 Å². The molecule has 4 aromatic rings. The van der Waals surface area contributed by atoms with E-state index in [4.69, 9.17) is 19.4 Å². The van der Waals surface area contributed by atoms with E-state index in [9.17, 15) is 24.0 Å². The molecule has 0 unspecified atom stereocenters. The van der Waals surface area contributed by atoms with Crippen LogP contribution in [-0.2, 0) is 53.3 Å². The number of rotatable bonds is 17. The second-order valence-electron chi connectivity index (χ2n) is 18.3. The van der Waals surface area contributed by atoms with E-state index in [1.165, 1.54) is 17.4 Å². The summed E-state index contributed by atoms with van der Waals surface area (Å²) in [6, 6.07) is 8.52. The number of aryl methyl sites for hydroxylation is 1. The van der Waals surface area contributed by atoms with Crippen molar-refractivity contribution >= 4 is 52.3 Å². The second kappa shape index (κ2) is 18.7. The van der Waals surface area contributed by atoms with Crippen LogP contribution in [0, 0.1) is 16.7 Å². The normalized spacial score (nSPS) is 17.8. The van der Waals surface area contributed by atoms with Crippen molar-refractivity contribution in [2.45, 2.75) is 84.9 Å². The number of hydrazine groups is 1. The van der Waals surface area contributed by atoms with Crippen LogP contribution in [0.25, 0.3) is 33.4 Å². The predicted molar refractivity (Wildman–Crippen MR) is 241 cm³/mol. The fourth-order valence-corrected chi connectivity index (χ4v) is 10.3. The number of aromatic nitrogens is 3. The van der Waals surface area contributed by atoms with Gasteiger partial charge in [-0.3, -0.25) is 34.0 Å². The molecule has 16 heteroatoms. The minimum Gasteiger partial charge on any atom is -0.467 e. The lowest BCUT2D eigenvalue weighted by atomic mass is 9.78. The molecule has 0 radical (unpaired) electrons. The number of thiazole rings is 1. The Morgan fingerprint density at radius 1 is 1.13 bits per heavy atom. The van der Waals surface area contributed by atoms with Crippen LogP contribution in [0.15, 0.2) is 54.6 Å². The van der Waals surface area contributed by atoms with Gasteiger partial charge in [-0.25, -0.2) is 10.4 Å². The van der Waals surface area contributed by atoms with Gasteiger partial charge in [-0.1, -0.05) is 40.3 Å². The Balaban J connectivity index is 1.19. The minimum absolute atomic E-state index is 0.136. The molecule has 15 nitrogen and oxygen atoms in total. The fourth-order valence-electron chi connectivity index (χ4n) is 9.46. The van der Waals surface area contributed by atoms with E-state index in [-0.39, 0.29) is 42.8 Å². The number of likely N-dealkylation sites (tertiary alicyclic amines) is 2. The summed E-state index contributed by atoms with van der Waals surface area (Å²) >= 11 is 1.43. The van der Waals surface area contributed by atoms with Gasteiger partial charge in [0, 0.05) is 92.3 Å². The molecule has 0 saturated carbocycles. The van der Waals surface area contributed by atoms with Crippen LogP contribution in [0.4, 0.5) is 0 Å². The van der Waals surface area contributed by atoms with Crippen LogP contribution < -0.4 is 10.7 Å². The standard InChI is InChI=1S/C47H60N8O7S/c1-9-39(57)53-25-47(26-53)16-20-54(45(47)60)41(29(2)3)43(58)51-35(44(59)55-19-11-10-18-49-55)22-38-50-36(24-63-38)31-14-15-37-33(21-31)34(23-46(5,6)27-62-28-56)42(52(37)7)32-13-12-17-48-40(32)30(4)61-8/h9,12-15,17,21,24,28-30,35,41,49H,1,10-11,16,18-20,22-23,25-27H2,2-8H3,(H,51,58)/t30-,35-,41-/m0/s1. The molecule has 4 amide bonds. The van der Waals surface area contributed by atoms with Crippen molar-refractivity contribution in [1.29, 1.82) is 0 Å². The summed E-state index contributed by atoms with van der Waals surface area (Å²) in [5.74, 6) is -1.23. The third-order valence-electron chi connectivity index (χ3n) is 12.8. The van der Waals surface area contributed by atoms with Gasteiger partial charge in [0.05, 0.1) is 40.2 Å². The van der Waals surface area contributed by atoms with Crippen LogP contribution in [0.2, 0.25) is 0 Å². The quantitative estimate of drug-likeness (QED) is 0.106. The first kappa shape index (κ1) is 45.6. The smallest absolute Gasteiger partial charge is 0.293 e. The van der Waals surface area contributed by atoms with Gasteiger partial charge in [0.25, 0.3) is 12.4 Å². The van der Waals surface area contributed by atoms with E-state index in [0.29, 0.717) is 57.0 Å². The molecule has 7 rings (SSSR count). The Morgan fingerprint density at radius 3 is 2.59 bits per heavy atom. The fraction of sp³-hybridized carbons (Fsp3) is 0.511. The lowest BCUT2D eigenvalue weighted by Crippen LogP contribution is -2.63. The zero-order chi connectivity index (χ0) is 45.2. The first-order chi connectivity index (χ1) is 30.1. The van der Waals surface area contributed by atoms with Crippen molar-refractivity contribution < 1.29 is 33.4 Å². The minimum atomic E-state index is -0.941. The van der Waals surface area contributed by atoms with Crippen LogP contribution in [0.1, 0.15) is 76.3 Å². The van der Waals surface area contributed by atoms with Gasteiger partial charge in [0.15, 0.2) is 0 Å². The molecular formula is C47H60N8O7S. The molecule has 3 fully saturated rings. The molecule has 3 aliphatic heterocycles. The van der Waals surface area contributed by atoms with Crippen LogP contribution >= 0.6 is 11.3 Å². The van der Waals surface area contributed by atoms with Crippen LogP contribution in [-0.4, -0.2) is 118 Å². The highest BCUT2D eigenvalue weighted by Gasteiger charge is 2.57. The molecule has 3 saturated heterocycles. The molecule has 0 aliphatic carbocycles. The summed E-state index contributed by atoms with van der Waals surface area (Å²) < 4.78 is 13.2. The molecule has 6 heterocycles. The molecule has 3 aromatic heterocycles. The number of ether oxygens (including phenoxy) is 2. The Kier molecular flexibility index (Phi) is 13.5. The summed E-state index contributed by atoms with van der Waals surface area (Å²) in [6.07, 6.45) is 5.85. The largest absolute Gasteiger partial charge is 0.467 e. The van der Waals surface area contributed by atoms with Crippen LogP contribution in [0.3, 0.4) is 0 Å². The molecule has 1 aromatic carbocycles.